The molecule has 3 aromatic rings. The Hall–Kier alpha value is -4.03. The van der Waals surface area contributed by atoms with Gasteiger partial charge in [0, 0.05) is 43.9 Å². The van der Waals surface area contributed by atoms with Crippen LogP contribution in [0.4, 0.5) is 43.4 Å². The Morgan fingerprint density at radius 1 is 1.12 bits per heavy atom. The van der Waals surface area contributed by atoms with Crippen molar-refractivity contribution in [3.05, 3.63) is 60.4 Å². The third-order valence-corrected chi connectivity index (χ3v) is 7.11. The van der Waals surface area contributed by atoms with Crippen molar-refractivity contribution in [3.8, 4) is 5.75 Å². The molecule has 0 amide bonds. The van der Waals surface area contributed by atoms with Gasteiger partial charge in [0.1, 0.15) is 12.1 Å². The average molecular weight is 569 g/mol. The first kappa shape index (κ1) is 29.9. The second-order valence-corrected chi connectivity index (χ2v) is 10.7. The molecule has 0 aliphatic carbocycles. The number of benzene rings is 2. The lowest BCUT2D eigenvalue weighted by Gasteiger charge is -2.29. The van der Waals surface area contributed by atoms with Crippen LogP contribution in [0.5, 0.6) is 5.75 Å². The van der Waals surface area contributed by atoms with Crippen LogP contribution in [0.1, 0.15) is 32.3 Å². The molecule has 1 aromatic heterocycles. The average Bonchev–Trinajstić information content (AvgIpc) is 3.32. The molecule has 1 aliphatic rings. The van der Waals surface area contributed by atoms with Gasteiger partial charge in [0.15, 0.2) is 11.6 Å². The first-order valence-electron chi connectivity index (χ1n) is 13.4. The van der Waals surface area contributed by atoms with Crippen molar-refractivity contribution in [2.75, 3.05) is 61.7 Å². The number of aromatic nitrogens is 3. The van der Waals surface area contributed by atoms with Crippen molar-refractivity contribution in [1.29, 1.82) is 0 Å². The monoisotopic (exact) mass is 568 g/mol. The Morgan fingerprint density at radius 2 is 1.80 bits per heavy atom. The molecular weight excluding hydrogens is 530 g/mol. The number of ether oxygens (including phenoxy) is 1. The molecule has 1 fully saturated rings. The van der Waals surface area contributed by atoms with E-state index in [-0.39, 0.29) is 23.1 Å². The first-order chi connectivity index (χ1) is 19.5. The summed E-state index contributed by atoms with van der Waals surface area (Å²) in [5, 5.41) is 19.9. The van der Waals surface area contributed by atoms with Crippen molar-refractivity contribution in [1.82, 2.24) is 19.9 Å². The van der Waals surface area contributed by atoms with Crippen LogP contribution in [0.3, 0.4) is 0 Å². The molecule has 220 valence electrons. The zero-order valence-electron chi connectivity index (χ0n) is 24.1. The van der Waals surface area contributed by atoms with E-state index < -0.39 is 17.2 Å². The molecule has 0 unspecified atom stereocenters. The number of nitrogens with zero attached hydrogens (tertiary/aromatic N) is 5. The van der Waals surface area contributed by atoms with Gasteiger partial charge in [-0.05, 0) is 52.4 Å². The predicted molar refractivity (Wildman–Crippen MR) is 159 cm³/mol. The number of hydrogen-bond donors (Lipinski definition) is 4. The minimum absolute atomic E-state index is 0.0695. The van der Waals surface area contributed by atoms with Gasteiger partial charge in [-0.25, -0.2) is 18.7 Å². The molecule has 0 saturated carbocycles. The van der Waals surface area contributed by atoms with Crippen LogP contribution < -0.4 is 25.6 Å². The second-order valence-electron chi connectivity index (χ2n) is 10.7. The molecule has 4 rings (SSSR count). The fourth-order valence-corrected chi connectivity index (χ4v) is 4.91. The van der Waals surface area contributed by atoms with Crippen LogP contribution in [0.2, 0.25) is 0 Å². The van der Waals surface area contributed by atoms with Gasteiger partial charge in [-0.2, -0.15) is 4.98 Å². The van der Waals surface area contributed by atoms with Crippen molar-refractivity contribution < 1.29 is 18.6 Å². The van der Waals surface area contributed by atoms with E-state index in [1.165, 1.54) is 26.6 Å². The maximum atomic E-state index is 14.1. The Kier molecular flexibility index (Phi) is 9.24. The molecule has 1 saturated heterocycles. The van der Waals surface area contributed by atoms with Crippen LogP contribution in [-0.2, 0) is 5.60 Å². The molecule has 0 spiro atoms. The van der Waals surface area contributed by atoms with Gasteiger partial charge in [0.25, 0.3) is 0 Å². The molecule has 41 heavy (non-hydrogen) atoms. The number of nitrogens with one attached hydrogen (secondary N) is 3. The Balaban J connectivity index is 1.62. The minimum atomic E-state index is -1.45. The van der Waals surface area contributed by atoms with Crippen LogP contribution in [0.15, 0.2) is 43.2 Å². The van der Waals surface area contributed by atoms with Gasteiger partial charge in [0.05, 0.1) is 35.5 Å². The summed E-state index contributed by atoms with van der Waals surface area (Å²) in [6.45, 7) is 9.31. The molecule has 2 aromatic carbocycles. The molecule has 1 aliphatic heterocycles. The largest absolute Gasteiger partial charge is 0.494 e. The molecule has 10 nitrogen and oxygen atoms in total. The summed E-state index contributed by atoms with van der Waals surface area (Å²) in [5.41, 5.74) is 1.29. The van der Waals surface area contributed by atoms with Crippen molar-refractivity contribution in [2.45, 2.75) is 38.3 Å². The summed E-state index contributed by atoms with van der Waals surface area (Å²) in [4.78, 5) is 17.3. The van der Waals surface area contributed by atoms with E-state index in [1.807, 2.05) is 12.1 Å². The highest BCUT2D eigenvalue weighted by molar-refractivity contribution is 5.81. The standard InChI is InChI=1S/C29H38F2N8O2/c1-7-10-32-23-14-24(26(41-6)15-25(23)39(5)16-18-9-8-11-38(18)4)36-28-34-17-33-27(37-28)35-22-13-21(31)20(30)12-19(22)29(2,3)40/h7,12-15,17-18,32,40H,1,8-11,16H2,2-6H3,(H2,33,34,35,36,37)/t18-/m1/s1. The number of likely N-dealkylation sites (tertiary alicyclic amines) is 1. The number of likely N-dealkylation sites (N-methyl/N-ethyl adjacent to an activating group) is 2. The lowest BCUT2D eigenvalue weighted by atomic mass is 9.96. The zero-order valence-corrected chi connectivity index (χ0v) is 24.1. The molecule has 4 N–H and O–H groups in total. The summed E-state index contributed by atoms with van der Waals surface area (Å²) in [5.74, 6) is -1.29. The number of hydrogen-bond acceptors (Lipinski definition) is 10. The van der Waals surface area contributed by atoms with E-state index in [2.05, 4.69) is 61.4 Å². The Morgan fingerprint density at radius 3 is 2.41 bits per heavy atom. The fraction of sp³-hybridized carbons (Fsp3) is 0.414. The lowest BCUT2D eigenvalue weighted by molar-refractivity contribution is 0.0789. The second kappa shape index (κ2) is 12.6. The highest BCUT2D eigenvalue weighted by Crippen LogP contribution is 2.38. The summed E-state index contributed by atoms with van der Waals surface area (Å²) < 4.78 is 33.7. The highest BCUT2D eigenvalue weighted by atomic mass is 19.2. The third kappa shape index (κ3) is 7.19. The minimum Gasteiger partial charge on any atom is -0.494 e. The smallest absolute Gasteiger partial charge is 0.232 e. The first-order valence-corrected chi connectivity index (χ1v) is 13.4. The Bertz CT molecular complexity index is 1380. The summed E-state index contributed by atoms with van der Waals surface area (Å²) in [6.07, 6.45) is 5.42. The van der Waals surface area contributed by atoms with Gasteiger partial charge in [-0.1, -0.05) is 6.08 Å². The molecule has 12 heteroatoms. The van der Waals surface area contributed by atoms with Crippen LogP contribution >= 0.6 is 0 Å². The van der Waals surface area contributed by atoms with E-state index in [0.29, 0.717) is 24.0 Å². The van der Waals surface area contributed by atoms with Gasteiger partial charge in [-0.3, -0.25) is 0 Å². The van der Waals surface area contributed by atoms with Crippen molar-refractivity contribution in [2.24, 2.45) is 0 Å². The van der Waals surface area contributed by atoms with Gasteiger partial charge in [0.2, 0.25) is 11.9 Å². The topological polar surface area (TPSA) is 111 Å². The summed E-state index contributed by atoms with van der Waals surface area (Å²) in [7, 11) is 5.82. The fourth-order valence-electron chi connectivity index (χ4n) is 4.91. The van der Waals surface area contributed by atoms with Crippen molar-refractivity contribution >= 4 is 34.6 Å². The van der Waals surface area contributed by atoms with Crippen LogP contribution in [0, 0.1) is 11.6 Å². The highest BCUT2D eigenvalue weighted by Gasteiger charge is 2.25. The van der Waals surface area contributed by atoms with Gasteiger partial charge >= 0.3 is 0 Å². The van der Waals surface area contributed by atoms with Crippen molar-refractivity contribution in [3.63, 3.8) is 0 Å². The molecule has 0 bridgehead atoms. The third-order valence-electron chi connectivity index (χ3n) is 7.11. The SMILES string of the molecule is C=CCNc1cc(Nc2ncnc(Nc3cc(F)c(F)cc3C(C)(C)O)n2)c(OC)cc1N(C)C[C@H]1CCCN1C. The van der Waals surface area contributed by atoms with E-state index >= 15 is 0 Å². The maximum Gasteiger partial charge on any atom is 0.232 e. The van der Waals surface area contributed by atoms with E-state index in [9.17, 15) is 13.9 Å². The molecule has 1 atom stereocenters. The molecular formula is C29H38F2N8O2. The van der Waals surface area contributed by atoms with E-state index in [0.717, 1.165) is 43.0 Å². The summed E-state index contributed by atoms with van der Waals surface area (Å²) in [6, 6.07) is 6.26. The van der Waals surface area contributed by atoms with Crippen LogP contribution in [0.25, 0.3) is 0 Å². The van der Waals surface area contributed by atoms with E-state index in [1.54, 1.807) is 13.2 Å². The molecule has 0 radical (unpaired) electrons. The maximum absolute atomic E-state index is 14.1. The van der Waals surface area contributed by atoms with E-state index in [4.69, 9.17) is 4.74 Å². The number of aliphatic hydroxyl groups is 1. The number of rotatable bonds is 12. The predicted octanol–water partition coefficient (Wildman–Crippen LogP) is 5.00. The molecule has 2 heterocycles. The number of halogens is 2. The normalized spacial score (nSPS) is 15.5. The summed E-state index contributed by atoms with van der Waals surface area (Å²) >= 11 is 0. The number of anilines is 6. The Labute approximate surface area is 239 Å². The van der Waals surface area contributed by atoms with Crippen LogP contribution in [-0.4, -0.2) is 71.8 Å². The zero-order chi connectivity index (χ0) is 29.7. The lowest BCUT2D eigenvalue weighted by Crippen LogP contribution is -2.36. The quantitative estimate of drug-likeness (QED) is 0.223. The number of methoxy groups -OCH3 is 1. The van der Waals surface area contributed by atoms with Gasteiger partial charge in [-0.15, -0.1) is 6.58 Å². The van der Waals surface area contributed by atoms with Gasteiger partial charge < -0.3 is 35.6 Å².